The summed E-state index contributed by atoms with van der Waals surface area (Å²) in [6, 6.07) is 11.3. The van der Waals surface area contributed by atoms with Gasteiger partial charge in [-0.1, -0.05) is 36.4 Å². The second-order valence-electron chi connectivity index (χ2n) is 9.88. The normalized spacial score (nSPS) is 18.3. The zero-order valence-corrected chi connectivity index (χ0v) is 19.4. The molecule has 1 amide bonds. The molecule has 1 fully saturated rings. The maximum atomic E-state index is 12.3. The van der Waals surface area contributed by atoms with Gasteiger partial charge in [0.15, 0.2) is 0 Å². The summed E-state index contributed by atoms with van der Waals surface area (Å²) in [5.41, 5.74) is -0.357. The zero-order valence-electron chi connectivity index (χ0n) is 19.4. The van der Waals surface area contributed by atoms with Crippen molar-refractivity contribution in [1.29, 1.82) is 0 Å². The van der Waals surface area contributed by atoms with E-state index in [1.54, 1.807) is 6.07 Å². The highest BCUT2D eigenvalue weighted by molar-refractivity contribution is 6.56. The Hall–Kier alpha value is -2.51. The molecule has 1 aliphatic rings. The number of alkyl carbamates (subject to hydrolysis) is 1. The van der Waals surface area contributed by atoms with Crippen LogP contribution in [-0.4, -0.2) is 41.7 Å². The van der Waals surface area contributed by atoms with Crippen LogP contribution in [0.2, 0.25) is 0 Å². The van der Waals surface area contributed by atoms with E-state index < -0.39 is 30.0 Å². The topological polar surface area (TPSA) is 77.0 Å². The quantitative estimate of drug-likeness (QED) is 0.668. The number of benzene rings is 2. The predicted octanol–water partition coefficient (Wildman–Crippen LogP) is 5.08. The van der Waals surface area contributed by atoms with Gasteiger partial charge in [0.25, 0.3) is 0 Å². The van der Waals surface area contributed by atoms with Crippen LogP contribution in [0.3, 0.4) is 0 Å². The lowest BCUT2D eigenvalue weighted by atomic mass is 9.76. The largest absolute Gasteiger partial charge is 0.507 e. The summed E-state index contributed by atoms with van der Waals surface area (Å²) >= 11 is 0. The average Bonchev–Trinajstić information content (AvgIpc) is 2.86. The molecule has 1 aliphatic heterocycles. The molecule has 31 heavy (non-hydrogen) atoms. The van der Waals surface area contributed by atoms with Gasteiger partial charge in [0.1, 0.15) is 11.4 Å². The number of hydrogen-bond donors (Lipinski definition) is 2. The summed E-state index contributed by atoms with van der Waals surface area (Å²) in [4.78, 5) is 12.3. The number of fused-ring (bicyclic) bond motifs is 1. The number of ether oxygens (including phenoxy) is 1. The van der Waals surface area contributed by atoms with E-state index in [1.807, 2.05) is 84.9 Å². The monoisotopic (exact) mass is 425 g/mol. The van der Waals surface area contributed by atoms with Crippen LogP contribution in [0.4, 0.5) is 4.79 Å². The second-order valence-corrected chi connectivity index (χ2v) is 9.88. The molecule has 0 unspecified atom stereocenters. The fourth-order valence-electron chi connectivity index (χ4n) is 3.31. The molecule has 2 aromatic carbocycles. The highest BCUT2D eigenvalue weighted by atomic mass is 16.7. The molecular formula is C24H32BNO5. The van der Waals surface area contributed by atoms with Crippen molar-refractivity contribution in [1.82, 2.24) is 5.32 Å². The van der Waals surface area contributed by atoms with Gasteiger partial charge in [-0.25, -0.2) is 4.79 Å². The van der Waals surface area contributed by atoms with Gasteiger partial charge in [0, 0.05) is 12.1 Å². The molecule has 0 spiro atoms. The Morgan fingerprint density at radius 3 is 2.32 bits per heavy atom. The lowest BCUT2D eigenvalue weighted by molar-refractivity contribution is 0.00578. The summed E-state index contributed by atoms with van der Waals surface area (Å²) in [5.74, 6) is 0.144. The zero-order chi connectivity index (χ0) is 23.0. The molecule has 166 valence electrons. The van der Waals surface area contributed by atoms with Crippen LogP contribution in [-0.2, 0) is 14.0 Å². The number of phenolic OH excluding ortho intramolecular Hbond substituents is 1. The molecule has 0 radical (unpaired) electrons. The van der Waals surface area contributed by atoms with E-state index in [2.05, 4.69) is 5.32 Å². The van der Waals surface area contributed by atoms with Crippen LogP contribution in [0.25, 0.3) is 16.8 Å². The lowest BCUT2D eigenvalue weighted by Gasteiger charge is -2.32. The van der Waals surface area contributed by atoms with Crippen molar-refractivity contribution in [2.24, 2.45) is 0 Å². The predicted molar refractivity (Wildman–Crippen MR) is 124 cm³/mol. The number of carbonyl (C=O) groups is 1. The van der Waals surface area contributed by atoms with Crippen molar-refractivity contribution < 1.29 is 23.9 Å². The van der Waals surface area contributed by atoms with E-state index in [1.165, 1.54) is 0 Å². The van der Waals surface area contributed by atoms with Crippen molar-refractivity contribution in [3.05, 3.63) is 47.4 Å². The molecule has 2 aromatic rings. The first-order valence-electron chi connectivity index (χ1n) is 10.5. The summed E-state index contributed by atoms with van der Waals surface area (Å²) in [6.45, 7) is 13.5. The second kappa shape index (κ2) is 8.21. The number of amides is 1. The standard InChI is InChI=1S/C24H32BNO5/c1-22(2,3)29-21(28)26-15-17(25-30-23(4,5)24(6,7)31-25)14-19-18-11-9-8-10-16(18)12-13-20(19)27/h8-14,27H,15H2,1-7H3,(H,26,28). The van der Waals surface area contributed by atoms with Gasteiger partial charge >= 0.3 is 13.2 Å². The third-order valence-electron chi connectivity index (χ3n) is 5.67. The Morgan fingerprint density at radius 1 is 1.10 bits per heavy atom. The summed E-state index contributed by atoms with van der Waals surface area (Å²) in [5, 5.41) is 15.3. The molecular weight excluding hydrogens is 393 g/mol. The summed E-state index contributed by atoms with van der Waals surface area (Å²) in [7, 11) is -0.682. The number of rotatable bonds is 4. The van der Waals surface area contributed by atoms with Crippen LogP contribution in [0.5, 0.6) is 5.75 Å². The van der Waals surface area contributed by atoms with Crippen LogP contribution >= 0.6 is 0 Å². The fourth-order valence-corrected chi connectivity index (χ4v) is 3.31. The maximum Gasteiger partial charge on any atom is 0.492 e. The highest BCUT2D eigenvalue weighted by Gasteiger charge is 2.52. The third-order valence-corrected chi connectivity index (χ3v) is 5.67. The molecule has 1 saturated heterocycles. The van der Waals surface area contributed by atoms with E-state index in [-0.39, 0.29) is 12.3 Å². The number of hydrogen-bond acceptors (Lipinski definition) is 5. The molecule has 0 aliphatic carbocycles. The van der Waals surface area contributed by atoms with Crippen molar-refractivity contribution >= 4 is 30.1 Å². The number of carbonyl (C=O) groups excluding carboxylic acids is 1. The minimum Gasteiger partial charge on any atom is -0.507 e. The molecule has 0 bridgehead atoms. The van der Waals surface area contributed by atoms with E-state index >= 15 is 0 Å². The van der Waals surface area contributed by atoms with E-state index in [9.17, 15) is 9.90 Å². The third kappa shape index (κ3) is 5.22. The number of nitrogens with one attached hydrogen (secondary N) is 1. The Morgan fingerprint density at radius 2 is 1.71 bits per heavy atom. The van der Waals surface area contributed by atoms with E-state index in [0.29, 0.717) is 11.0 Å². The van der Waals surface area contributed by atoms with Crippen molar-refractivity contribution in [3.63, 3.8) is 0 Å². The first-order chi connectivity index (χ1) is 14.3. The van der Waals surface area contributed by atoms with E-state index in [0.717, 1.165) is 10.8 Å². The van der Waals surface area contributed by atoms with Crippen LogP contribution in [0, 0.1) is 0 Å². The van der Waals surface area contributed by atoms with Crippen molar-refractivity contribution in [2.45, 2.75) is 65.3 Å². The highest BCUT2D eigenvalue weighted by Crippen LogP contribution is 2.39. The van der Waals surface area contributed by atoms with Gasteiger partial charge < -0.3 is 24.5 Å². The van der Waals surface area contributed by atoms with Gasteiger partial charge in [-0.15, -0.1) is 0 Å². The lowest BCUT2D eigenvalue weighted by Crippen LogP contribution is -2.41. The molecule has 7 heteroatoms. The van der Waals surface area contributed by atoms with Gasteiger partial charge in [-0.05, 0) is 70.8 Å². The SMILES string of the molecule is CC(C)(C)OC(=O)NCC(=Cc1c(O)ccc2ccccc12)B1OC(C)(C)C(C)(C)O1. The molecule has 2 N–H and O–H groups in total. The van der Waals surface area contributed by atoms with Gasteiger partial charge in [0.2, 0.25) is 0 Å². The smallest absolute Gasteiger partial charge is 0.492 e. The minimum absolute atomic E-state index is 0.144. The Bertz CT molecular complexity index is 991. The molecule has 1 heterocycles. The first-order valence-corrected chi connectivity index (χ1v) is 10.5. The molecule has 0 aromatic heterocycles. The average molecular weight is 425 g/mol. The van der Waals surface area contributed by atoms with Gasteiger partial charge in [-0.3, -0.25) is 0 Å². The van der Waals surface area contributed by atoms with E-state index in [4.69, 9.17) is 14.0 Å². The molecule has 0 saturated carbocycles. The maximum absolute atomic E-state index is 12.3. The summed E-state index contributed by atoms with van der Waals surface area (Å²) < 4.78 is 17.8. The first kappa shape index (κ1) is 23.2. The summed E-state index contributed by atoms with van der Waals surface area (Å²) in [6.07, 6.45) is 1.30. The number of phenols is 1. The van der Waals surface area contributed by atoms with Gasteiger partial charge in [-0.2, -0.15) is 0 Å². The van der Waals surface area contributed by atoms with Gasteiger partial charge in [0.05, 0.1) is 11.2 Å². The minimum atomic E-state index is -0.682. The van der Waals surface area contributed by atoms with Crippen molar-refractivity contribution in [3.8, 4) is 5.75 Å². The Labute approximate surface area is 184 Å². The molecule has 0 atom stereocenters. The van der Waals surface area contributed by atoms with Crippen molar-refractivity contribution in [2.75, 3.05) is 6.54 Å². The fraction of sp³-hybridized carbons (Fsp3) is 0.458. The van der Waals surface area contributed by atoms with Crippen LogP contribution < -0.4 is 5.32 Å². The molecule has 6 nitrogen and oxygen atoms in total. The van der Waals surface area contributed by atoms with Crippen LogP contribution in [0.15, 0.2) is 41.9 Å². The van der Waals surface area contributed by atoms with Crippen LogP contribution in [0.1, 0.15) is 54.0 Å². The Balaban J connectivity index is 1.99. The Kier molecular flexibility index (Phi) is 6.13. The molecule has 3 rings (SSSR count). The number of aromatic hydroxyl groups is 1.